The molecule has 0 saturated carbocycles. The van der Waals surface area contributed by atoms with Crippen LogP contribution < -0.4 is 9.62 Å². The van der Waals surface area contributed by atoms with Crippen molar-refractivity contribution in [3.8, 4) is 0 Å². The van der Waals surface area contributed by atoms with Gasteiger partial charge in [0.25, 0.3) is 10.0 Å². The Kier molecular flexibility index (Phi) is 5.12. The number of aliphatic imine (C=N–C) groups is 1. The second-order valence-electron chi connectivity index (χ2n) is 5.59. The van der Waals surface area contributed by atoms with Crippen molar-refractivity contribution in [2.75, 3.05) is 46.0 Å². The van der Waals surface area contributed by atoms with Gasteiger partial charge in [-0.25, -0.2) is 13.2 Å². The Morgan fingerprint density at radius 3 is 2.83 bits per heavy atom. The lowest BCUT2D eigenvalue weighted by Gasteiger charge is -2.22. The van der Waals surface area contributed by atoms with Crippen molar-refractivity contribution in [3.63, 3.8) is 0 Å². The summed E-state index contributed by atoms with van der Waals surface area (Å²) in [4.78, 5) is 17.3. The first-order valence-electron chi connectivity index (χ1n) is 7.80. The van der Waals surface area contributed by atoms with Gasteiger partial charge in [-0.3, -0.25) is 9.71 Å². The summed E-state index contributed by atoms with van der Waals surface area (Å²) in [6.45, 7) is 3.57. The van der Waals surface area contributed by atoms with Gasteiger partial charge in [0.15, 0.2) is 6.54 Å². The molecule has 0 spiro atoms. The molecule has 1 aromatic rings. The number of nitrogens with one attached hydrogen (secondary N) is 2. The van der Waals surface area contributed by atoms with Gasteiger partial charge in [0.1, 0.15) is 25.5 Å². The number of nitrogens with zero attached hydrogens (tertiary/aromatic N) is 1. The number of ether oxygens (including phenoxy) is 2. The van der Waals surface area contributed by atoms with Crippen LogP contribution in [0.1, 0.15) is 5.56 Å². The molecule has 1 aromatic carbocycles. The Morgan fingerprint density at radius 2 is 2.04 bits per heavy atom. The van der Waals surface area contributed by atoms with Crippen LogP contribution in [0.3, 0.4) is 0 Å². The molecule has 0 amide bonds. The fourth-order valence-electron chi connectivity index (χ4n) is 2.66. The summed E-state index contributed by atoms with van der Waals surface area (Å²) >= 11 is 0. The Hall–Kier alpha value is -1.97. The first-order chi connectivity index (χ1) is 11.6. The first kappa shape index (κ1) is 16.9. The molecular formula is C15H20N3O5S+. The molecule has 0 atom stereocenters. The van der Waals surface area contributed by atoms with E-state index in [4.69, 9.17) is 9.47 Å². The molecule has 0 aliphatic carbocycles. The van der Waals surface area contributed by atoms with Gasteiger partial charge in [-0.2, -0.15) is 0 Å². The maximum Gasteiger partial charge on any atom is 0.361 e. The van der Waals surface area contributed by atoms with E-state index >= 15 is 0 Å². The standard InChI is InChI=1S/C15H19N3O5S/c19-14(11-18-6-9-22-10-7-18)23-8-5-16-15-12-3-1-2-4-13(12)24(20,21)17-15/h1-4H,5-11H2,(H,16,17)/p+1. The third-order valence-electron chi connectivity index (χ3n) is 3.88. The van der Waals surface area contributed by atoms with Gasteiger partial charge in [-0.15, -0.1) is 0 Å². The maximum absolute atomic E-state index is 11.9. The monoisotopic (exact) mass is 354 g/mol. The van der Waals surface area contributed by atoms with Crippen molar-refractivity contribution in [2.45, 2.75) is 4.90 Å². The summed E-state index contributed by atoms with van der Waals surface area (Å²) in [6.07, 6.45) is 0. The van der Waals surface area contributed by atoms with Crippen molar-refractivity contribution in [1.29, 1.82) is 0 Å². The van der Waals surface area contributed by atoms with Crippen LogP contribution in [-0.4, -0.2) is 66.2 Å². The molecule has 2 N–H and O–H groups in total. The largest absolute Gasteiger partial charge is 0.460 e. The Bertz CT molecular complexity index is 741. The van der Waals surface area contributed by atoms with Gasteiger partial charge >= 0.3 is 5.97 Å². The average Bonchev–Trinajstić information content (AvgIpc) is 2.84. The van der Waals surface area contributed by atoms with Crippen LogP contribution in [0.2, 0.25) is 0 Å². The number of hydrogen-bond donors (Lipinski definition) is 2. The van der Waals surface area contributed by atoms with Gasteiger partial charge in [0.05, 0.1) is 24.7 Å². The van der Waals surface area contributed by atoms with Crippen LogP contribution in [0.15, 0.2) is 34.2 Å². The van der Waals surface area contributed by atoms with Crippen LogP contribution >= 0.6 is 0 Å². The van der Waals surface area contributed by atoms with E-state index in [1.807, 2.05) is 0 Å². The van der Waals surface area contributed by atoms with E-state index in [0.29, 0.717) is 31.2 Å². The van der Waals surface area contributed by atoms with Crippen molar-refractivity contribution >= 4 is 21.8 Å². The number of amidine groups is 1. The Labute approximate surface area is 140 Å². The number of sulfonamides is 1. The van der Waals surface area contributed by atoms with Crippen LogP contribution in [0.4, 0.5) is 0 Å². The maximum atomic E-state index is 11.9. The summed E-state index contributed by atoms with van der Waals surface area (Å²) in [7, 11) is -3.53. The van der Waals surface area contributed by atoms with E-state index in [0.717, 1.165) is 18.0 Å². The molecule has 1 saturated heterocycles. The SMILES string of the molecule is O=C(C[NH+]1CCOCC1)OCCN=C1NS(=O)(=O)c2ccccc21. The molecule has 2 heterocycles. The number of morpholine rings is 1. The zero-order valence-corrected chi connectivity index (χ0v) is 14.0. The molecule has 24 heavy (non-hydrogen) atoms. The number of carbonyl (C=O) groups is 1. The van der Waals surface area contributed by atoms with Crippen LogP contribution in [-0.2, 0) is 24.3 Å². The van der Waals surface area contributed by atoms with Gasteiger partial charge in [-0.1, -0.05) is 12.1 Å². The van der Waals surface area contributed by atoms with E-state index < -0.39 is 10.0 Å². The van der Waals surface area contributed by atoms with Crippen LogP contribution in [0.5, 0.6) is 0 Å². The van der Waals surface area contributed by atoms with Crippen molar-refractivity contribution in [2.24, 2.45) is 4.99 Å². The van der Waals surface area contributed by atoms with E-state index in [-0.39, 0.29) is 24.0 Å². The summed E-state index contributed by atoms with van der Waals surface area (Å²) in [5.41, 5.74) is 0.543. The summed E-state index contributed by atoms with van der Waals surface area (Å²) in [5.74, 6) is 0.0138. The molecule has 0 aromatic heterocycles. The highest BCUT2D eigenvalue weighted by Gasteiger charge is 2.29. The quantitative estimate of drug-likeness (QED) is 0.479. The van der Waals surface area contributed by atoms with Gasteiger partial charge < -0.3 is 14.4 Å². The Balaban J connectivity index is 1.49. The third-order valence-corrected chi connectivity index (χ3v) is 5.28. The topological polar surface area (TPSA) is 98.5 Å². The lowest BCUT2D eigenvalue weighted by atomic mass is 10.2. The molecule has 0 unspecified atom stereocenters. The number of esters is 1. The highest BCUT2D eigenvalue weighted by molar-refractivity contribution is 7.90. The van der Waals surface area contributed by atoms with Crippen molar-refractivity contribution < 1.29 is 27.6 Å². The van der Waals surface area contributed by atoms with E-state index in [1.54, 1.807) is 18.2 Å². The third kappa shape index (κ3) is 3.92. The van der Waals surface area contributed by atoms with Gasteiger partial charge in [0, 0.05) is 5.56 Å². The fourth-order valence-corrected chi connectivity index (χ4v) is 3.91. The molecule has 8 nitrogen and oxygen atoms in total. The number of rotatable bonds is 5. The highest BCUT2D eigenvalue weighted by Crippen LogP contribution is 2.21. The predicted molar refractivity (Wildman–Crippen MR) is 85.5 cm³/mol. The number of carbonyl (C=O) groups excluding carboxylic acids is 1. The molecule has 1 fully saturated rings. The second kappa shape index (κ2) is 7.29. The minimum Gasteiger partial charge on any atom is -0.460 e. The number of benzene rings is 1. The molecular weight excluding hydrogens is 334 g/mol. The van der Waals surface area contributed by atoms with Crippen molar-refractivity contribution in [3.05, 3.63) is 29.8 Å². The van der Waals surface area contributed by atoms with E-state index in [9.17, 15) is 13.2 Å². The molecule has 0 radical (unpaired) electrons. The zero-order valence-electron chi connectivity index (χ0n) is 13.2. The molecule has 130 valence electrons. The number of hydrogen-bond acceptors (Lipinski definition) is 6. The normalized spacial score (nSPS) is 21.2. The Morgan fingerprint density at radius 1 is 1.29 bits per heavy atom. The lowest BCUT2D eigenvalue weighted by molar-refractivity contribution is -0.900. The second-order valence-corrected chi connectivity index (χ2v) is 7.24. The molecule has 9 heteroatoms. The predicted octanol–water partition coefficient (Wildman–Crippen LogP) is -1.82. The minimum absolute atomic E-state index is 0.121. The number of quaternary nitrogens is 1. The highest BCUT2D eigenvalue weighted by atomic mass is 32.2. The van der Waals surface area contributed by atoms with Gasteiger partial charge in [0.2, 0.25) is 0 Å². The summed E-state index contributed by atoms with van der Waals surface area (Å²) < 4.78 is 36.7. The lowest BCUT2D eigenvalue weighted by Crippen LogP contribution is -3.15. The molecule has 2 aliphatic heterocycles. The summed E-state index contributed by atoms with van der Waals surface area (Å²) in [5, 5.41) is 0. The fraction of sp³-hybridized carbons (Fsp3) is 0.467. The molecule has 3 rings (SSSR count). The van der Waals surface area contributed by atoms with Gasteiger partial charge in [-0.05, 0) is 12.1 Å². The smallest absolute Gasteiger partial charge is 0.361 e. The van der Waals surface area contributed by atoms with Crippen LogP contribution in [0.25, 0.3) is 0 Å². The van der Waals surface area contributed by atoms with Crippen LogP contribution in [0, 0.1) is 0 Å². The van der Waals surface area contributed by atoms with E-state index in [1.165, 1.54) is 6.07 Å². The number of fused-ring (bicyclic) bond motifs is 1. The van der Waals surface area contributed by atoms with E-state index in [2.05, 4.69) is 9.71 Å². The molecule has 2 aliphatic rings. The van der Waals surface area contributed by atoms with Crippen molar-refractivity contribution in [1.82, 2.24) is 4.72 Å². The zero-order chi connectivity index (χ0) is 17.0. The minimum atomic E-state index is -3.53. The summed E-state index contributed by atoms with van der Waals surface area (Å²) in [6, 6.07) is 6.64. The first-order valence-corrected chi connectivity index (χ1v) is 9.28. The average molecular weight is 354 g/mol. The molecule has 0 bridgehead atoms.